The van der Waals surface area contributed by atoms with Gasteiger partial charge in [0.15, 0.2) is 5.79 Å². The van der Waals surface area contributed by atoms with Gasteiger partial charge in [-0.3, -0.25) is 4.90 Å². The molecule has 2 fully saturated rings. The molecule has 1 saturated heterocycles. The van der Waals surface area contributed by atoms with E-state index in [2.05, 4.69) is 19.0 Å². The highest BCUT2D eigenvalue weighted by Gasteiger charge is 2.48. The number of nitrogens with zero attached hydrogens (tertiary/aromatic N) is 1. The van der Waals surface area contributed by atoms with Crippen molar-refractivity contribution in [3.63, 3.8) is 0 Å². The largest absolute Gasteiger partial charge is 0.348 e. The zero-order valence-corrected chi connectivity index (χ0v) is 13.4. The van der Waals surface area contributed by atoms with Crippen molar-refractivity contribution < 1.29 is 13.9 Å². The second-order valence-electron chi connectivity index (χ2n) is 6.04. The first-order valence-electron chi connectivity index (χ1n) is 7.28. The van der Waals surface area contributed by atoms with E-state index in [4.69, 9.17) is 9.47 Å². The lowest BCUT2D eigenvalue weighted by Gasteiger charge is -2.48. The van der Waals surface area contributed by atoms with Gasteiger partial charge in [0.2, 0.25) is 0 Å². The molecule has 1 aliphatic carbocycles. The zero-order valence-electron chi connectivity index (χ0n) is 12.6. The van der Waals surface area contributed by atoms with E-state index in [0.29, 0.717) is 13.2 Å². The molecule has 1 saturated carbocycles. The summed E-state index contributed by atoms with van der Waals surface area (Å²) in [6.45, 7) is 1.38. The van der Waals surface area contributed by atoms with Crippen LogP contribution in [0, 0.1) is 5.82 Å². The monoisotopic (exact) mass is 315 g/mol. The molecule has 0 atom stereocenters. The normalized spacial score (nSPS) is 23.2. The zero-order chi connectivity index (χ0) is 14.2. The van der Waals surface area contributed by atoms with Crippen LogP contribution in [0.4, 0.5) is 4.39 Å². The second-order valence-corrected chi connectivity index (χ2v) is 6.04. The van der Waals surface area contributed by atoms with Gasteiger partial charge in [-0.1, -0.05) is 12.1 Å². The highest BCUT2D eigenvalue weighted by molar-refractivity contribution is 5.85. The average Bonchev–Trinajstić information content (AvgIpc) is 2.88. The molecular weight excluding hydrogens is 293 g/mol. The number of benzene rings is 1. The maximum atomic E-state index is 13.6. The first-order valence-corrected chi connectivity index (χ1v) is 7.28. The van der Waals surface area contributed by atoms with Crippen LogP contribution in [0.3, 0.4) is 0 Å². The molecule has 0 radical (unpaired) electrons. The third-order valence-electron chi connectivity index (χ3n) is 4.87. The smallest absolute Gasteiger partial charge is 0.168 e. The summed E-state index contributed by atoms with van der Waals surface area (Å²) in [5, 5.41) is 0. The summed E-state index contributed by atoms with van der Waals surface area (Å²) in [6, 6.07) is 6.98. The van der Waals surface area contributed by atoms with E-state index < -0.39 is 0 Å². The van der Waals surface area contributed by atoms with Crippen molar-refractivity contribution in [2.45, 2.75) is 37.0 Å². The molecule has 2 aliphatic rings. The molecular formula is C16H23ClFNO2. The molecule has 1 heterocycles. The fourth-order valence-electron chi connectivity index (χ4n) is 3.60. The number of halogens is 2. The van der Waals surface area contributed by atoms with E-state index in [1.165, 1.54) is 6.07 Å². The molecule has 118 valence electrons. The molecule has 0 aromatic heterocycles. The summed E-state index contributed by atoms with van der Waals surface area (Å²) >= 11 is 0. The first kappa shape index (κ1) is 16.7. The van der Waals surface area contributed by atoms with E-state index in [9.17, 15) is 4.39 Å². The van der Waals surface area contributed by atoms with Gasteiger partial charge in [-0.15, -0.1) is 12.4 Å². The summed E-state index contributed by atoms with van der Waals surface area (Å²) < 4.78 is 25.2. The van der Waals surface area contributed by atoms with Crippen LogP contribution in [0.1, 0.15) is 31.2 Å². The molecule has 5 heteroatoms. The summed E-state index contributed by atoms with van der Waals surface area (Å²) in [5.41, 5.74) is 0.929. The van der Waals surface area contributed by atoms with Crippen LogP contribution in [0.25, 0.3) is 0 Å². The highest BCUT2D eigenvalue weighted by atomic mass is 35.5. The lowest BCUT2D eigenvalue weighted by atomic mass is 9.73. The Bertz CT molecular complexity index is 479. The summed E-state index contributed by atoms with van der Waals surface area (Å²) in [4.78, 5) is 2.21. The van der Waals surface area contributed by atoms with Gasteiger partial charge in [0.05, 0.1) is 13.2 Å². The van der Waals surface area contributed by atoms with Gasteiger partial charge in [-0.2, -0.15) is 0 Å². The fourth-order valence-corrected chi connectivity index (χ4v) is 3.60. The minimum absolute atomic E-state index is 0. The van der Waals surface area contributed by atoms with Crippen LogP contribution in [0.2, 0.25) is 0 Å². The van der Waals surface area contributed by atoms with E-state index >= 15 is 0 Å². The Hall–Kier alpha value is -0.680. The van der Waals surface area contributed by atoms with Gasteiger partial charge in [0.1, 0.15) is 5.82 Å². The standard InChI is InChI=1S/C16H22FNO2.ClH/c1-18(2)15(13-4-3-5-14(17)12-13)6-8-16(9-7-15)19-10-11-20-16;/h3-5,12H,6-11H2,1-2H3;1H. The second kappa shape index (κ2) is 6.21. The molecule has 3 nitrogen and oxygen atoms in total. The van der Waals surface area contributed by atoms with E-state index in [-0.39, 0.29) is 29.6 Å². The van der Waals surface area contributed by atoms with Crippen molar-refractivity contribution in [1.29, 1.82) is 0 Å². The Balaban J connectivity index is 0.00000161. The molecule has 1 aromatic carbocycles. The van der Waals surface area contributed by atoms with Gasteiger partial charge in [-0.05, 0) is 44.6 Å². The Kier molecular flexibility index (Phi) is 4.93. The maximum Gasteiger partial charge on any atom is 0.168 e. The molecule has 1 aliphatic heterocycles. The molecule has 3 rings (SSSR count). The molecule has 0 bridgehead atoms. The summed E-state index contributed by atoms with van der Waals surface area (Å²) in [6.07, 6.45) is 3.57. The van der Waals surface area contributed by atoms with Crippen LogP contribution >= 0.6 is 12.4 Å². The minimum atomic E-state index is -0.382. The quantitative estimate of drug-likeness (QED) is 0.835. The molecule has 21 heavy (non-hydrogen) atoms. The van der Waals surface area contributed by atoms with Crippen LogP contribution in [-0.4, -0.2) is 38.0 Å². The van der Waals surface area contributed by atoms with Crippen molar-refractivity contribution >= 4 is 12.4 Å². The van der Waals surface area contributed by atoms with E-state index in [0.717, 1.165) is 31.2 Å². The molecule has 0 unspecified atom stereocenters. The Morgan fingerprint density at radius 3 is 2.19 bits per heavy atom. The SMILES string of the molecule is CN(C)C1(c2cccc(F)c2)CCC2(CC1)OCCO2.Cl. The molecule has 0 N–H and O–H groups in total. The van der Waals surface area contributed by atoms with Gasteiger partial charge < -0.3 is 9.47 Å². The minimum Gasteiger partial charge on any atom is -0.348 e. The van der Waals surface area contributed by atoms with E-state index in [1.807, 2.05) is 6.07 Å². The van der Waals surface area contributed by atoms with Gasteiger partial charge in [-0.25, -0.2) is 4.39 Å². The van der Waals surface area contributed by atoms with Gasteiger partial charge in [0.25, 0.3) is 0 Å². The molecule has 0 amide bonds. The topological polar surface area (TPSA) is 21.7 Å². The fraction of sp³-hybridized carbons (Fsp3) is 0.625. The van der Waals surface area contributed by atoms with Crippen LogP contribution in [0.5, 0.6) is 0 Å². The number of hydrogen-bond donors (Lipinski definition) is 0. The Labute approximate surface area is 131 Å². The van der Waals surface area contributed by atoms with Crippen molar-refractivity contribution in [1.82, 2.24) is 4.90 Å². The highest BCUT2D eigenvalue weighted by Crippen LogP contribution is 2.47. The van der Waals surface area contributed by atoms with Crippen molar-refractivity contribution in [3.8, 4) is 0 Å². The average molecular weight is 316 g/mol. The Morgan fingerprint density at radius 1 is 1.05 bits per heavy atom. The van der Waals surface area contributed by atoms with Crippen molar-refractivity contribution in [3.05, 3.63) is 35.6 Å². The lowest BCUT2D eigenvalue weighted by Crippen LogP contribution is -2.49. The van der Waals surface area contributed by atoms with Crippen molar-refractivity contribution in [2.75, 3.05) is 27.3 Å². The van der Waals surface area contributed by atoms with Crippen LogP contribution in [-0.2, 0) is 15.0 Å². The van der Waals surface area contributed by atoms with Crippen molar-refractivity contribution in [2.24, 2.45) is 0 Å². The Morgan fingerprint density at radius 2 is 1.67 bits per heavy atom. The van der Waals surface area contributed by atoms with Gasteiger partial charge >= 0.3 is 0 Å². The molecule has 1 aromatic rings. The van der Waals surface area contributed by atoms with E-state index in [1.54, 1.807) is 12.1 Å². The number of rotatable bonds is 2. The van der Waals surface area contributed by atoms with Crippen LogP contribution in [0.15, 0.2) is 24.3 Å². The maximum absolute atomic E-state index is 13.6. The lowest BCUT2D eigenvalue weighted by molar-refractivity contribution is -0.193. The van der Waals surface area contributed by atoms with Crippen LogP contribution < -0.4 is 0 Å². The predicted octanol–water partition coefficient (Wildman–Crippen LogP) is 3.32. The number of ether oxygens (including phenoxy) is 2. The molecule has 1 spiro atoms. The third kappa shape index (κ3) is 2.95. The third-order valence-corrected chi connectivity index (χ3v) is 4.87. The number of hydrogen-bond acceptors (Lipinski definition) is 3. The van der Waals surface area contributed by atoms with Gasteiger partial charge in [0, 0.05) is 18.4 Å². The predicted molar refractivity (Wildman–Crippen MR) is 82.1 cm³/mol. The first-order chi connectivity index (χ1) is 9.56. The summed E-state index contributed by atoms with van der Waals surface area (Å²) in [5.74, 6) is -0.551. The summed E-state index contributed by atoms with van der Waals surface area (Å²) in [7, 11) is 4.14.